The minimum atomic E-state index is 0.667. The maximum Gasteiger partial charge on any atom is 0.119 e. The molecule has 3 rings (SSSR count). The van der Waals surface area contributed by atoms with Gasteiger partial charge in [-0.25, -0.2) is 0 Å². The molecule has 0 fully saturated rings. The van der Waals surface area contributed by atoms with Gasteiger partial charge in [0.25, 0.3) is 0 Å². The fraction of sp³-hybridized carbons (Fsp3) is 0.379. The molecule has 0 aromatic heterocycles. The van der Waals surface area contributed by atoms with Crippen LogP contribution in [0.25, 0.3) is 11.1 Å². The van der Waals surface area contributed by atoms with Gasteiger partial charge in [0, 0.05) is 0 Å². The predicted molar refractivity (Wildman–Crippen MR) is 129 cm³/mol. The summed E-state index contributed by atoms with van der Waals surface area (Å²) in [6, 6.07) is 28.2. The molecule has 0 radical (unpaired) electrons. The second kappa shape index (κ2) is 11.6. The van der Waals surface area contributed by atoms with Crippen LogP contribution in [0.2, 0.25) is 0 Å². The lowest BCUT2D eigenvalue weighted by Crippen LogP contribution is -2.04. The van der Waals surface area contributed by atoms with Crippen molar-refractivity contribution in [3.63, 3.8) is 0 Å². The van der Waals surface area contributed by atoms with Crippen LogP contribution >= 0.6 is 0 Å². The van der Waals surface area contributed by atoms with Gasteiger partial charge < -0.3 is 4.74 Å². The molecule has 158 valence electrons. The topological polar surface area (TPSA) is 9.23 Å². The summed E-state index contributed by atoms with van der Waals surface area (Å²) in [5.41, 5.74) is 5.39. The zero-order valence-electron chi connectivity index (χ0n) is 18.8. The van der Waals surface area contributed by atoms with Crippen LogP contribution in [-0.4, -0.2) is 6.61 Å². The third-order valence-corrected chi connectivity index (χ3v) is 5.93. The Morgan fingerprint density at radius 3 is 2.07 bits per heavy atom. The predicted octanol–water partition coefficient (Wildman–Crippen LogP) is 8.30. The molecule has 3 aromatic carbocycles. The molecule has 0 aliphatic rings. The Bertz CT molecular complexity index is 849. The summed E-state index contributed by atoms with van der Waals surface area (Å²) >= 11 is 0. The second-order valence-electron chi connectivity index (χ2n) is 8.62. The lowest BCUT2D eigenvalue weighted by Gasteiger charge is -2.14. The molecule has 0 aliphatic carbocycles. The third-order valence-electron chi connectivity index (χ3n) is 5.93. The van der Waals surface area contributed by atoms with Crippen LogP contribution in [0.1, 0.15) is 63.5 Å². The van der Waals surface area contributed by atoms with E-state index >= 15 is 0 Å². The highest BCUT2D eigenvalue weighted by atomic mass is 16.5. The van der Waals surface area contributed by atoms with Gasteiger partial charge in [0.1, 0.15) is 5.75 Å². The van der Waals surface area contributed by atoms with Gasteiger partial charge in [-0.3, -0.25) is 0 Å². The highest BCUT2D eigenvalue weighted by Crippen LogP contribution is 2.24. The molecule has 0 heterocycles. The standard InChI is InChI=1S/C29H36O/c1-4-9-24(3)26-15-13-25(14-16-26)22-23(2)10-8-21-30-29-19-17-28(18-20-29)27-11-6-5-7-12-27/h5-7,11-20,23-24H,4,8-10,21-22H2,1-3H3. The van der Waals surface area contributed by atoms with Crippen LogP contribution in [0.15, 0.2) is 78.9 Å². The van der Waals surface area contributed by atoms with E-state index in [1.54, 1.807) is 0 Å². The molecule has 0 spiro atoms. The van der Waals surface area contributed by atoms with E-state index in [-0.39, 0.29) is 0 Å². The maximum atomic E-state index is 5.96. The molecule has 0 saturated carbocycles. The summed E-state index contributed by atoms with van der Waals surface area (Å²) in [7, 11) is 0. The SMILES string of the molecule is CCCC(C)c1ccc(CC(C)CCCOc2ccc(-c3ccccc3)cc2)cc1. The van der Waals surface area contributed by atoms with E-state index in [9.17, 15) is 0 Å². The van der Waals surface area contributed by atoms with Crippen molar-refractivity contribution in [2.45, 2.75) is 58.8 Å². The molecule has 0 aliphatic heterocycles. The first kappa shape index (κ1) is 22.2. The summed E-state index contributed by atoms with van der Waals surface area (Å²) in [6.07, 6.45) is 5.95. The monoisotopic (exact) mass is 400 g/mol. The number of benzene rings is 3. The summed E-state index contributed by atoms with van der Waals surface area (Å²) in [5, 5.41) is 0. The van der Waals surface area contributed by atoms with Gasteiger partial charge >= 0.3 is 0 Å². The first-order valence-corrected chi connectivity index (χ1v) is 11.5. The molecule has 3 aromatic rings. The first-order valence-electron chi connectivity index (χ1n) is 11.5. The summed E-state index contributed by atoms with van der Waals surface area (Å²) in [4.78, 5) is 0. The highest BCUT2D eigenvalue weighted by Gasteiger charge is 2.07. The highest BCUT2D eigenvalue weighted by molar-refractivity contribution is 5.63. The molecular weight excluding hydrogens is 364 g/mol. The van der Waals surface area contributed by atoms with Crippen molar-refractivity contribution in [2.24, 2.45) is 5.92 Å². The summed E-state index contributed by atoms with van der Waals surface area (Å²) < 4.78 is 5.96. The van der Waals surface area contributed by atoms with Crippen molar-refractivity contribution in [3.8, 4) is 16.9 Å². The van der Waals surface area contributed by atoms with Gasteiger partial charge in [0.2, 0.25) is 0 Å². The van der Waals surface area contributed by atoms with E-state index in [1.807, 2.05) is 6.07 Å². The lowest BCUT2D eigenvalue weighted by molar-refractivity contribution is 0.295. The Balaban J connectivity index is 1.38. The minimum Gasteiger partial charge on any atom is -0.494 e. The molecular formula is C29H36O. The minimum absolute atomic E-state index is 0.667. The summed E-state index contributed by atoms with van der Waals surface area (Å²) in [6.45, 7) is 7.72. The molecule has 2 unspecified atom stereocenters. The van der Waals surface area contributed by atoms with Crippen LogP contribution in [0, 0.1) is 5.92 Å². The van der Waals surface area contributed by atoms with E-state index in [2.05, 4.69) is 93.6 Å². The smallest absolute Gasteiger partial charge is 0.119 e. The number of ether oxygens (including phenoxy) is 1. The normalized spacial score (nSPS) is 13.0. The van der Waals surface area contributed by atoms with E-state index in [1.165, 1.54) is 41.5 Å². The molecule has 0 saturated heterocycles. The first-order chi connectivity index (χ1) is 14.7. The van der Waals surface area contributed by atoms with Crippen molar-refractivity contribution >= 4 is 0 Å². The van der Waals surface area contributed by atoms with Crippen molar-refractivity contribution in [3.05, 3.63) is 90.0 Å². The van der Waals surface area contributed by atoms with Crippen molar-refractivity contribution < 1.29 is 4.74 Å². The van der Waals surface area contributed by atoms with Crippen molar-refractivity contribution in [1.29, 1.82) is 0 Å². The van der Waals surface area contributed by atoms with Gasteiger partial charge in [-0.1, -0.05) is 93.9 Å². The lowest BCUT2D eigenvalue weighted by atomic mass is 9.92. The van der Waals surface area contributed by atoms with Gasteiger partial charge in [0.05, 0.1) is 6.61 Å². The van der Waals surface area contributed by atoms with E-state index < -0.39 is 0 Å². The van der Waals surface area contributed by atoms with Gasteiger partial charge in [-0.2, -0.15) is 0 Å². The van der Waals surface area contributed by atoms with Crippen LogP contribution < -0.4 is 4.74 Å². The zero-order valence-corrected chi connectivity index (χ0v) is 18.8. The van der Waals surface area contributed by atoms with Crippen LogP contribution in [0.3, 0.4) is 0 Å². The second-order valence-corrected chi connectivity index (χ2v) is 8.62. The Morgan fingerprint density at radius 2 is 1.40 bits per heavy atom. The van der Waals surface area contributed by atoms with Crippen LogP contribution in [0.5, 0.6) is 5.75 Å². The van der Waals surface area contributed by atoms with Crippen molar-refractivity contribution in [2.75, 3.05) is 6.61 Å². The van der Waals surface area contributed by atoms with E-state index in [4.69, 9.17) is 4.74 Å². The Morgan fingerprint density at radius 1 is 0.733 bits per heavy atom. The largest absolute Gasteiger partial charge is 0.494 e. The van der Waals surface area contributed by atoms with Gasteiger partial charge in [0.15, 0.2) is 0 Å². The van der Waals surface area contributed by atoms with E-state index in [0.29, 0.717) is 11.8 Å². The molecule has 0 bridgehead atoms. The van der Waals surface area contributed by atoms with Gasteiger partial charge in [-0.15, -0.1) is 0 Å². The van der Waals surface area contributed by atoms with Gasteiger partial charge in [-0.05, 0) is 71.9 Å². The fourth-order valence-corrected chi connectivity index (χ4v) is 4.08. The average molecular weight is 401 g/mol. The Hall–Kier alpha value is -2.54. The molecule has 1 nitrogen and oxygen atoms in total. The Kier molecular flexibility index (Phi) is 8.56. The number of rotatable bonds is 11. The van der Waals surface area contributed by atoms with Crippen LogP contribution in [-0.2, 0) is 6.42 Å². The maximum absolute atomic E-state index is 5.96. The molecule has 30 heavy (non-hydrogen) atoms. The van der Waals surface area contributed by atoms with Crippen LogP contribution in [0.4, 0.5) is 0 Å². The number of hydrogen-bond donors (Lipinski definition) is 0. The molecule has 2 atom stereocenters. The molecule has 1 heteroatoms. The molecule has 0 amide bonds. The quantitative estimate of drug-likeness (QED) is 0.294. The molecule has 0 N–H and O–H groups in total. The van der Waals surface area contributed by atoms with E-state index in [0.717, 1.165) is 25.2 Å². The number of hydrogen-bond acceptors (Lipinski definition) is 1. The van der Waals surface area contributed by atoms with Crippen molar-refractivity contribution in [1.82, 2.24) is 0 Å². The zero-order chi connectivity index (χ0) is 21.2. The fourth-order valence-electron chi connectivity index (χ4n) is 4.08. The third kappa shape index (κ3) is 6.76. The average Bonchev–Trinajstić information content (AvgIpc) is 2.78. The summed E-state index contributed by atoms with van der Waals surface area (Å²) in [5.74, 6) is 2.30. The Labute approximate surface area is 183 Å².